The zero-order valence-corrected chi connectivity index (χ0v) is 13.9. The fourth-order valence-corrected chi connectivity index (χ4v) is 2.52. The zero-order valence-electron chi connectivity index (χ0n) is 13.1. The van der Waals surface area contributed by atoms with E-state index in [4.69, 9.17) is 0 Å². The van der Waals surface area contributed by atoms with E-state index in [-0.39, 0.29) is 18.3 Å². The summed E-state index contributed by atoms with van der Waals surface area (Å²) in [6.07, 6.45) is 3.43. The molecular formula is C19H23ClN2O. The number of halogens is 1. The summed E-state index contributed by atoms with van der Waals surface area (Å²) in [6.45, 7) is 1.34. The molecule has 4 heteroatoms. The minimum Gasteiger partial charge on any atom is -0.325 e. The van der Waals surface area contributed by atoms with Gasteiger partial charge in [0.25, 0.3) is 0 Å². The van der Waals surface area contributed by atoms with E-state index >= 15 is 0 Å². The maximum absolute atomic E-state index is 12.0. The van der Waals surface area contributed by atoms with E-state index in [1.165, 1.54) is 18.4 Å². The van der Waals surface area contributed by atoms with Crippen LogP contribution in [0.25, 0.3) is 0 Å². The number of hydrogen-bond acceptors (Lipinski definition) is 2. The summed E-state index contributed by atoms with van der Waals surface area (Å²) in [5.74, 6) is 0.819. The first-order chi connectivity index (χ1) is 10.8. The molecule has 0 aliphatic heterocycles. The van der Waals surface area contributed by atoms with E-state index in [0.29, 0.717) is 6.54 Å². The van der Waals surface area contributed by atoms with Gasteiger partial charge in [0.2, 0.25) is 5.91 Å². The second-order valence-electron chi connectivity index (χ2n) is 5.94. The third-order valence-electron chi connectivity index (χ3n) is 3.94. The Kier molecular flexibility index (Phi) is 6.63. The number of carbonyl (C=O) groups excluding carboxylic acids is 1. The van der Waals surface area contributed by atoms with Crippen molar-refractivity contribution in [2.24, 2.45) is 5.92 Å². The van der Waals surface area contributed by atoms with E-state index in [1.54, 1.807) is 0 Å². The minimum absolute atomic E-state index is 0. The molecule has 3 rings (SSSR count). The van der Waals surface area contributed by atoms with Crippen molar-refractivity contribution >= 4 is 24.0 Å². The Morgan fingerprint density at radius 3 is 2.43 bits per heavy atom. The molecule has 0 saturated heterocycles. The molecule has 122 valence electrons. The van der Waals surface area contributed by atoms with E-state index in [9.17, 15) is 4.79 Å². The molecule has 0 radical (unpaired) electrons. The monoisotopic (exact) mass is 330 g/mol. The SMILES string of the molecule is Cl.O=C(CNCC1CC1)Nc1ccccc1Cc1ccccc1. The van der Waals surface area contributed by atoms with Crippen LogP contribution in [0.5, 0.6) is 0 Å². The smallest absolute Gasteiger partial charge is 0.238 e. The van der Waals surface area contributed by atoms with Gasteiger partial charge in [0.05, 0.1) is 6.54 Å². The van der Waals surface area contributed by atoms with Gasteiger partial charge in [-0.2, -0.15) is 0 Å². The summed E-state index contributed by atoms with van der Waals surface area (Å²) in [5.41, 5.74) is 3.30. The highest BCUT2D eigenvalue weighted by atomic mass is 35.5. The normalized spacial score (nSPS) is 13.2. The van der Waals surface area contributed by atoms with Gasteiger partial charge in [-0.1, -0.05) is 48.5 Å². The van der Waals surface area contributed by atoms with E-state index in [0.717, 1.165) is 30.1 Å². The van der Waals surface area contributed by atoms with E-state index in [2.05, 4.69) is 28.8 Å². The number of nitrogens with one attached hydrogen (secondary N) is 2. The van der Waals surface area contributed by atoms with Crippen molar-refractivity contribution in [3.8, 4) is 0 Å². The molecule has 1 aliphatic rings. The number of hydrogen-bond donors (Lipinski definition) is 2. The molecule has 1 saturated carbocycles. The number of carbonyl (C=O) groups is 1. The number of amides is 1. The Morgan fingerprint density at radius 2 is 1.70 bits per heavy atom. The standard InChI is InChI=1S/C19H22N2O.ClH/c22-19(14-20-13-16-10-11-16)21-18-9-5-4-8-17(18)12-15-6-2-1-3-7-15;/h1-9,16,20H,10-14H2,(H,21,22);1H. The zero-order chi connectivity index (χ0) is 15.2. The number of para-hydroxylation sites is 1. The highest BCUT2D eigenvalue weighted by molar-refractivity contribution is 5.93. The minimum atomic E-state index is 0. The summed E-state index contributed by atoms with van der Waals surface area (Å²) < 4.78 is 0. The molecule has 1 aliphatic carbocycles. The molecule has 23 heavy (non-hydrogen) atoms. The average Bonchev–Trinajstić information content (AvgIpc) is 3.35. The van der Waals surface area contributed by atoms with Crippen LogP contribution in [0.3, 0.4) is 0 Å². The van der Waals surface area contributed by atoms with Crippen LogP contribution in [0, 0.1) is 5.92 Å². The Labute approximate surface area is 143 Å². The van der Waals surface area contributed by atoms with Crippen molar-refractivity contribution in [1.29, 1.82) is 0 Å². The molecule has 1 fully saturated rings. The predicted octanol–water partition coefficient (Wildman–Crippen LogP) is 3.64. The maximum Gasteiger partial charge on any atom is 0.238 e. The topological polar surface area (TPSA) is 41.1 Å². The van der Waals surface area contributed by atoms with E-state index < -0.39 is 0 Å². The van der Waals surface area contributed by atoms with E-state index in [1.807, 2.05) is 36.4 Å². The molecule has 1 amide bonds. The third kappa shape index (κ3) is 5.70. The number of rotatable bonds is 7. The van der Waals surface area contributed by atoms with Crippen molar-refractivity contribution in [2.75, 3.05) is 18.4 Å². The summed E-state index contributed by atoms with van der Waals surface area (Å²) in [7, 11) is 0. The molecule has 0 unspecified atom stereocenters. The molecule has 3 nitrogen and oxygen atoms in total. The van der Waals surface area contributed by atoms with Gasteiger partial charge in [-0.25, -0.2) is 0 Å². The lowest BCUT2D eigenvalue weighted by atomic mass is 10.0. The van der Waals surface area contributed by atoms with Gasteiger partial charge in [-0.05, 0) is 48.9 Å². The van der Waals surface area contributed by atoms with Crippen molar-refractivity contribution in [1.82, 2.24) is 5.32 Å². The van der Waals surface area contributed by atoms with Crippen LogP contribution in [0.1, 0.15) is 24.0 Å². The summed E-state index contributed by atoms with van der Waals surface area (Å²) in [6, 6.07) is 18.3. The summed E-state index contributed by atoms with van der Waals surface area (Å²) in [4.78, 5) is 12.0. The summed E-state index contributed by atoms with van der Waals surface area (Å²) >= 11 is 0. The molecule has 0 atom stereocenters. The van der Waals surface area contributed by atoms with Gasteiger partial charge >= 0.3 is 0 Å². The van der Waals surface area contributed by atoms with Gasteiger partial charge in [-0.15, -0.1) is 12.4 Å². The Balaban J connectivity index is 0.00000192. The van der Waals surface area contributed by atoms with Gasteiger partial charge in [0, 0.05) is 5.69 Å². The second-order valence-corrected chi connectivity index (χ2v) is 5.94. The van der Waals surface area contributed by atoms with Gasteiger partial charge in [0.1, 0.15) is 0 Å². The molecular weight excluding hydrogens is 308 g/mol. The highest BCUT2D eigenvalue weighted by Gasteiger charge is 2.20. The van der Waals surface area contributed by atoms with Crippen LogP contribution in [-0.4, -0.2) is 19.0 Å². The maximum atomic E-state index is 12.0. The lowest BCUT2D eigenvalue weighted by Gasteiger charge is -2.11. The number of benzene rings is 2. The Morgan fingerprint density at radius 1 is 1.00 bits per heavy atom. The van der Waals surface area contributed by atoms with Crippen molar-refractivity contribution < 1.29 is 4.79 Å². The van der Waals surface area contributed by atoms with Crippen LogP contribution in [0.4, 0.5) is 5.69 Å². The lowest BCUT2D eigenvalue weighted by molar-refractivity contribution is -0.115. The first kappa shape index (κ1) is 17.5. The average molecular weight is 331 g/mol. The van der Waals surface area contributed by atoms with Crippen molar-refractivity contribution in [3.05, 3.63) is 65.7 Å². The molecule has 0 heterocycles. The van der Waals surface area contributed by atoms with Crippen molar-refractivity contribution in [2.45, 2.75) is 19.3 Å². The Bertz CT molecular complexity index is 626. The largest absolute Gasteiger partial charge is 0.325 e. The molecule has 0 spiro atoms. The van der Waals surface area contributed by atoms with Gasteiger partial charge in [0.15, 0.2) is 0 Å². The summed E-state index contributed by atoms with van der Waals surface area (Å²) in [5, 5.41) is 6.25. The second kappa shape index (κ2) is 8.70. The van der Waals surface area contributed by atoms with Gasteiger partial charge < -0.3 is 10.6 Å². The van der Waals surface area contributed by atoms with Gasteiger partial charge in [-0.3, -0.25) is 4.79 Å². The molecule has 2 aromatic carbocycles. The lowest BCUT2D eigenvalue weighted by Crippen LogP contribution is -2.29. The first-order valence-electron chi connectivity index (χ1n) is 7.93. The molecule has 2 aromatic rings. The highest BCUT2D eigenvalue weighted by Crippen LogP contribution is 2.27. The third-order valence-corrected chi connectivity index (χ3v) is 3.94. The first-order valence-corrected chi connectivity index (χ1v) is 7.93. The number of anilines is 1. The molecule has 0 bridgehead atoms. The fraction of sp³-hybridized carbons (Fsp3) is 0.316. The van der Waals surface area contributed by atoms with Crippen LogP contribution < -0.4 is 10.6 Å². The molecule has 2 N–H and O–H groups in total. The predicted molar refractivity (Wildman–Crippen MR) is 97.2 cm³/mol. The van der Waals surface area contributed by atoms with Crippen LogP contribution in [0.15, 0.2) is 54.6 Å². The van der Waals surface area contributed by atoms with Crippen molar-refractivity contribution in [3.63, 3.8) is 0 Å². The quantitative estimate of drug-likeness (QED) is 0.813. The molecule has 0 aromatic heterocycles. The van der Waals surface area contributed by atoms with Crippen LogP contribution in [0.2, 0.25) is 0 Å². The fourth-order valence-electron chi connectivity index (χ4n) is 2.52. The van der Waals surface area contributed by atoms with Crippen LogP contribution in [-0.2, 0) is 11.2 Å². The van der Waals surface area contributed by atoms with Crippen LogP contribution >= 0.6 is 12.4 Å². The Hall–Kier alpha value is -1.84.